The summed E-state index contributed by atoms with van der Waals surface area (Å²) in [5.41, 5.74) is 0.672. The van der Waals surface area contributed by atoms with E-state index in [0.717, 1.165) is 5.56 Å². The van der Waals surface area contributed by atoms with E-state index in [0.29, 0.717) is 0 Å². The van der Waals surface area contributed by atoms with Crippen LogP contribution in [0.5, 0.6) is 0 Å². The number of benzene rings is 6. The fourth-order valence-electron chi connectivity index (χ4n) is 6.64. The molecule has 0 N–H and O–H groups in total. The SMILES string of the molecule is Cc1ccc(S(=O)(=O)OC2[C@@H](OC(=O)c3ccccc3)[C@H](OC(=O)c3ccccc3)C(OC(=O)c3ccccc3)[C@@H](OC(=O)c3ccccc3)[C@H]2OC(=O)c2ccccc2)cc1. The zero-order valence-corrected chi connectivity index (χ0v) is 33.7. The quantitative estimate of drug-likeness (QED) is 0.0648. The van der Waals surface area contributed by atoms with Gasteiger partial charge in [0.2, 0.25) is 0 Å². The fourth-order valence-corrected chi connectivity index (χ4v) is 7.73. The molecule has 1 aliphatic rings. The predicted molar refractivity (Wildman–Crippen MR) is 221 cm³/mol. The van der Waals surface area contributed by atoms with E-state index in [-0.39, 0.29) is 32.7 Å². The average Bonchev–Trinajstić information content (AvgIpc) is 3.31. The van der Waals surface area contributed by atoms with Crippen molar-refractivity contribution in [2.75, 3.05) is 0 Å². The number of carbonyl (C=O) groups excluding carboxylic acids is 5. The van der Waals surface area contributed by atoms with Crippen LogP contribution in [0.25, 0.3) is 0 Å². The van der Waals surface area contributed by atoms with Crippen molar-refractivity contribution in [1.29, 1.82) is 0 Å². The highest BCUT2D eigenvalue weighted by atomic mass is 32.2. The summed E-state index contributed by atoms with van der Waals surface area (Å²) >= 11 is 0. The van der Waals surface area contributed by atoms with Crippen molar-refractivity contribution in [3.63, 3.8) is 0 Å². The van der Waals surface area contributed by atoms with Crippen LogP contribution in [0.4, 0.5) is 0 Å². The lowest BCUT2D eigenvalue weighted by Crippen LogP contribution is -2.69. The van der Waals surface area contributed by atoms with Gasteiger partial charge in [-0.2, -0.15) is 8.42 Å². The standard InChI is InChI=1S/C48H38O13S/c1-31-27-29-37(30-28-31)62(54,55)61-43-41(59-47(52)35-23-13-5-14-24-35)39(57-45(50)33-19-9-3-10-20-33)38(56-44(49)32-17-7-2-8-18-32)40(58-46(51)34-21-11-4-12-22-34)42(43)60-48(53)36-25-15-6-16-26-36/h2-30,38-43H,1H3/t38?,39-,40-,41-,42+,43?/m1/s1. The monoisotopic (exact) mass is 854 g/mol. The van der Waals surface area contributed by atoms with Crippen molar-refractivity contribution < 1.29 is 60.3 Å². The lowest BCUT2D eigenvalue weighted by molar-refractivity contribution is -0.217. The lowest BCUT2D eigenvalue weighted by Gasteiger charge is -2.47. The van der Waals surface area contributed by atoms with E-state index < -0.39 is 76.6 Å². The summed E-state index contributed by atoms with van der Waals surface area (Å²) in [7, 11) is -4.91. The second kappa shape index (κ2) is 19.3. The molecule has 1 saturated carbocycles. The molecular formula is C48H38O13S. The van der Waals surface area contributed by atoms with E-state index in [1.807, 2.05) is 0 Å². The van der Waals surface area contributed by atoms with E-state index in [2.05, 4.69) is 0 Å². The predicted octanol–water partition coefficient (Wildman–Crippen LogP) is 7.21. The fraction of sp³-hybridized carbons (Fsp3) is 0.146. The molecule has 0 bridgehead atoms. The van der Waals surface area contributed by atoms with Crippen molar-refractivity contribution >= 4 is 40.0 Å². The first kappa shape index (κ1) is 42.7. The molecule has 6 aromatic carbocycles. The number of hydrogen-bond acceptors (Lipinski definition) is 13. The molecule has 314 valence electrons. The maximum absolute atomic E-state index is 14.4. The molecule has 7 rings (SSSR count). The highest BCUT2D eigenvalue weighted by Crippen LogP contribution is 2.38. The molecule has 1 fully saturated rings. The Balaban J connectivity index is 1.46. The minimum atomic E-state index is -4.91. The Kier molecular flexibility index (Phi) is 13.3. The molecule has 6 aromatic rings. The molecular weight excluding hydrogens is 817 g/mol. The van der Waals surface area contributed by atoms with E-state index >= 15 is 0 Å². The normalized spacial score (nSPS) is 19.6. The van der Waals surface area contributed by atoms with Gasteiger partial charge < -0.3 is 23.7 Å². The van der Waals surface area contributed by atoms with Gasteiger partial charge in [-0.05, 0) is 79.7 Å². The molecule has 0 radical (unpaired) electrons. The van der Waals surface area contributed by atoms with Gasteiger partial charge in [0.25, 0.3) is 10.1 Å². The number of aryl methyl sites for hydroxylation is 1. The summed E-state index contributed by atoms with van der Waals surface area (Å²) in [6, 6.07) is 43.6. The molecule has 0 saturated heterocycles. The molecule has 0 spiro atoms. The van der Waals surface area contributed by atoms with Crippen LogP contribution in [0, 0.1) is 6.92 Å². The first-order valence-corrected chi connectivity index (χ1v) is 20.7. The zero-order valence-electron chi connectivity index (χ0n) is 32.9. The van der Waals surface area contributed by atoms with Crippen molar-refractivity contribution in [3.05, 3.63) is 209 Å². The van der Waals surface area contributed by atoms with Gasteiger partial charge in [0.05, 0.1) is 32.7 Å². The molecule has 13 nitrogen and oxygen atoms in total. The van der Waals surface area contributed by atoms with E-state index in [4.69, 9.17) is 27.9 Å². The Labute approximate surface area is 356 Å². The number of rotatable bonds is 13. The van der Waals surface area contributed by atoms with Gasteiger partial charge in [-0.3, -0.25) is 4.18 Å². The Hall–Kier alpha value is -7.42. The summed E-state index contributed by atoms with van der Waals surface area (Å²) in [5.74, 6) is -5.21. The maximum Gasteiger partial charge on any atom is 0.338 e. The van der Waals surface area contributed by atoms with Gasteiger partial charge in [-0.25, -0.2) is 24.0 Å². The molecule has 0 amide bonds. The summed E-state index contributed by atoms with van der Waals surface area (Å²) in [4.78, 5) is 70.2. The van der Waals surface area contributed by atoms with Crippen molar-refractivity contribution in [2.24, 2.45) is 0 Å². The van der Waals surface area contributed by atoms with Crippen LogP contribution in [-0.2, 0) is 38.0 Å². The lowest BCUT2D eigenvalue weighted by atomic mass is 9.83. The van der Waals surface area contributed by atoms with Crippen molar-refractivity contribution in [2.45, 2.75) is 48.4 Å². The van der Waals surface area contributed by atoms with E-state index in [1.54, 1.807) is 97.9 Å². The molecule has 1 aliphatic carbocycles. The van der Waals surface area contributed by atoms with Gasteiger partial charge in [0, 0.05) is 0 Å². The molecule has 2 unspecified atom stereocenters. The first-order chi connectivity index (χ1) is 30.0. The van der Waals surface area contributed by atoms with Gasteiger partial charge >= 0.3 is 29.8 Å². The molecule has 62 heavy (non-hydrogen) atoms. The van der Waals surface area contributed by atoms with Gasteiger partial charge in [0.1, 0.15) is 0 Å². The van der Waals surface area contributed by atoms with Gasteiger partial charge in [0.15, 0.2) is 36.6 Å². The molecule has 0 heterocycles. The minimum Gasteiger partial charge on any atom is -0.452 e. The number of hydrogen-bond donors (Lipinski definition) is 0. The van der Waals surface area contributed by atoms with Crippen LogP contribution in [0.3, 0.4) is 0 Å². The van der Waals surface area contributed by atoms with Crippen LogP contribution in [-0.4, -0.2) is 74.9 Å². The van der Waals surface area contributed by atoms with Crippen LogP contribution in [0.2, 0.25) is 0 Å². The number of carbonyl (C=O) groups is 5. The number of esters is 5. The van der Waals surface area contributed by atoms with Crippen LogP contribution in [0.15, 0.2) is 181 Å². The van der Waals surface area contributed by atoms with E-state index in [1.165, 1.54) is 84.9 Å². The van der Waals surface area contributed by atoms with Crippen molar-refractivity contribution in [1.82, 2.24) is 0 Å². The third-order valence-electron chi connectivity index (χ3n) is 9.75. The van der Waals surface area contributed by atoms with Crippen molar-refractivity contribution in [3.8, 4) is 0 Å². The summed E-state index contributed by atoms with van der Waals surface area (Å²) in [5, 5.41) is 0. The Morgan fingerprint density at radius 3 is 0.806 bits per heavy atom. The number of ether oxygens (including phenoxy) is 5. The van der Waals surface area contributed by atoms with Crippen LogP contribution >= 0.6 is 0 Å². The largest absolute Gasteiger partial charge is 0.452 e. The Bertz CT molecular complexity index is 2490. The second-order valence-electron chi connectivity index (χ2n) is 14.0. The molecule has 6 atom stereocenters. The maximum atomic E-state index is 14.4. The summed E-state index contributed by atoms with van der Waals surface area (Å²) in [6.07, 6.45) is -12.3. The molecule has 14 heteroatoms. The second-order valence-corrected chi connectivity index (χ2v) is 15.6. The smallest absolute Gasteiger partial charge is 0.338 e. The first-order valence-electron chi connectivity index (χ1n) is 19.3. The summed E-state index contributed by atoms with van der Waals surface area (Å²) < 4.78 is 65.2. The Morgan fingerprint density at radius 2 is 0.565 bits per heavy atom. The third-order valence-corrected chi connectivity index (χ3v) is 11.1. The average molecular weight is 855 g/mol. The molecule has 0 aromatic heterocycles. The molecule has 0 aliphatic heterocycles. The Morgan fingerprint density at radius 1 is 0.339 bits per heavy atom. The third kappa shape index (κ3) is 10.1. The van der Waals surface area contributed by atoms with Gasteiger partial charge in [-0.15, -0.1) is 0 Å². The highest BCUT2D eigenvalue weighted by Gasteiger charge is 2.62. The van der Waals surface area contributed by atoms with Gasteiger partial charge in [-0.1, -0.05) is 109 Å². The van der Waals surface area contributed by atoms with E-state index in [9.17, 15) is 32.4 Å². The minimum absolute atomic E-state index is 0.00440. The van der Waals surface area contributed by atoms with Crippen LogP contribution < -0.4 is 0 Å². The highest BCUT2D eigenvalue weighted by molar-refractivity contribution is 7.86. The zero-order chi connectivity index (χ0) is 43.6. The van der Waals surface area contributed by atoms with Crippen LogP contribution in [0.1, 0.15) is 57.4 Å². The topological polar surface area (TPSA) is 175 Å². The summed E-state index contributed by atoms with van der Waals surface area (Å²) in [6.45, 7) is 1.74.